The summed E-state index contributed by atoms with van der Waals surface area (Å²) in [6.07, 6.45) is 3.37. The fraction of sp³-hybridized carbons (Fsp3) is 0.125. The van der Waals surface area contributed by atoms with E-state index in [9.17, 15) is 9.59 Å². The van der Waals surface area contributed by atoms with E-state index in [0.29, 0.717) is 20.5 Å². The minimum Gasteiger partial charge on any atom is -0.465 e. The summed E-state index contributed by atoms with van der Waals surface area (Å²) < 4.78 is 4.65. The molecule has 1 aromatic heterocycles. The molecule has 0 unspecified atom stereocenters. The second-order valence-corrected chi connectivity index (χ2v) is 6.77. The Labute approximate surface area is 140 Å². The zero-order chi connectivity index (χ0) is 16.4. The Morgan fingerprint density at radius 2 is 2.09 bits per heavy atom. The molecule has 116 valence electrons. The van der Waals surface area contributed by atoms with E-state index < -0.39 is 11.9 Å². The molecule has 0 saturated carbocycles. The van der Waals surface area contributed by atoms with Gasteiger partial charge < -0.3 is 4.74 Å². The molecular formula is C16H12N2O3S2. The highest BCUT2D eigenvalue weighted by molar-refractivity contribution is 8.19. The third-order valence-corrected chi connectivity index (χ3v) is 5.15. The van der Waals surface area contributed by atoms with Crippen LogP contribution in [0.5, 0.6) is 0 Å². The number of methoxy groups -OCH3 is 1. The second kappa shape index (κ2) is 6.47. The quantitative estimate of drug-likeness (QED) is 0.682. The summed E-state index contributed by atoms with van der Waals surface area (Å²) >= 11 is 2.54. The number of hydrogen-bond acceptors (Lipinski definition) is 7. The SMILES string of the molecule is COC(=O)c1ccc(/C=C2\SC(=N)[C@@H](c3nccs3)C2=O)cc1. The molecule has 7 heteroatoms. The third kappa shape index (κ3) is 3.11. The van der Waals surface area contributed by atoms with E-state index in [0.717, 1.165) is 17.3 Å². The molecule has 1 N–H and O–H groups in total. The number of ketones is 1. The Hall–Kier alpha value is -2.25. The van der Waals surface area contributed by atoms with Crippen molar-refractivity contribution < 1.29 is 14.3 Å². The minimum atomic E-state index is -0.583. The first-order valence-corrected chi connectivity index (χ1v) is 8.39. The Bertz CT molecular complexity index is 795. The van der Waals surface area contributed by atoms with Crippen molar-refractivity contribution >= 4 is 46.0 Å². The first-order valence-electron chi connectivity index (χ1n) is 6.70. The van der Waals surface area contributed by atoms with Crippen LogP contribution in [-0.2, 0) is 9.53 Å². The zero-order valence-corrected chi connectivity index (χ0v) is 13.7. The van der Waals surface area contributed by atoms with Crippen molar-refractivity contribution in [3.05, 3.63) is 56.9 Å². The number of nitrogens with zero attached hydrogens (tertiary/aromatic N) is 1. The van der Waals surface area contributed by atoms with Gasteiger partial charge >= 0.3 is 5.97 Å². The van der Waals surface area contributed by atoms with Gasteiger partial charge in [0.1, 0.15) is 10.9 Å². The van der Waals surface area contributed by atoms with Crippen LogP contribution in [0.25, 0.3) is 6.08 Å². The molecule has 0 bridgehead atoms. The van der Waals surface area contributed by atoms with Gasteiger partial charge in [0, 0.05) is 11.6 Å². The number of nitrogens with one attached hydrogen (secondary N) is 1. The average molecular weight is 344 g/mol. The number of allylic oxidation sites excluding steroid dienone is 1. The molecule has 2 heterocycles. The van der Waals surface area contributed by atoms with Crippen LogP contribution >= 0.6 is 23.1 Å². The van der Waals surface area contributed by atoms with Crippen LogP contribution in [0.15, 0.2) is 40.7 Å². The smallest absolute Gasteiger partial charge is 0.337 e. The Kier molecular flexibility index (Phi) is 4.40. The molecule has 23 heavy (non-hydrogen) atoms. The number of ether oxygens (including phenoxy) is 1. The standard InChI is InChI=1S/C16H12N2O3S2/c1-21-16(20)10-4-2-9(3-5-10)8-11-13(19)12(14(17)23-11)15-18-6-7-22-15/h2-8,12,17H,1H3/b11-8-,17-14?/t12-/m0/s1. The maximum Gasteiger partial charge on any atom is 0.337 e. The molecule has 5 nitrogen and oxygen atoms in total. The van der Waals surface area contributed by atoms with Crippen LogP contribution in [0.3, 0.4) is 0 Å². The molecule has 1 aliphatic heterocycles. The molecule has 1 fully saturated rings. The van der Waals surface area contributed by atoms with E-state index in [1.165, 1.54) is 18.4 Å². The predicted molar refractivity (Wildman–Crippen MR) is 90.9 cm³/mol. The fourth-order valence-electron chi connectivity index (χ4n) is 2.18. The highest BCUT2D eigenvalue weighted by Gasteiger charge is 2.38. The molecule has 0 amide bonds. The Morgan fingerprint density at radius 1 is 1.35 bits per heavy atom. The predicted octanol–water partition coefficient (Wildman–Crippen LogP) is 3.35. The topological polar surface area (TPSA) is 80.1 Å². The molecule has 1 aromatic carbocycles. The van der Waals surface area contributed by atoms with Crippen LogP contribution in [0.4, 0.5) is 0 Å². The summed E-state index contributed by atoms with van der Waals surface area (Å²) in [6.45, 7) is 0. The zero-order valence-electron chi connectivity index (χ0n) is 12.1. The average Bonchev–Trinajstić information content (AvgIpc) is 3.16. The number of hydrogen-bond donors (Lipinski definition) is 1. The highest BCUT2D eigenvalue weighted by atomic mass is 32.2. The lowest BCUT2D eigenvalue weighted by molar-refractivity contribution is -0.114. The van der Waals surface area contributed by atoms with Crippen LogP contribution in [0.2, 0.25) is 0 Å². The molecule has 1 saturated heterocycles. The van der Waals surface area contributed by atoms with E-state index in [1.54, 1.807) is 41.9 Å². The van der Waals surface area contributed by atoms with Gasteiger partial charge in [0.05, 0.1) is 22.6 Å². The van der Waals surface area contributed by atoms with Crippen LogP contribution in [-0.4, -0.2) is 28.9 Å². The number of thioether (sulfide) groups is 1. The molecule has 0 aliphatic carbocycles. The number of rotatable bonds is 3. The number of esters is 1. The maximum atomic E-state index is 12.5. The molecule has 2 aromatic rings. The van der Waals surface area contributed by atoms with Crippen molar-refractivity contribution in [2.24, 2.45) is 0 Å². The molecular weight excluding hydrogens is 332 g/mol. The number of carbonyl (C=O) groups is 2. The minimum absolute atomic E-state index is 0.105. The van der Waals surface area contributed by atoms with Crippen LogP contribution in [0, 0.1) is 5.41 Å². The Balaban J connectivity index is 1.84. The van der Waals surface area contributed by atoms with Gasteiger partial charge in [-0.3, -0.25) is 10.2 Å². The van der Waals surface area contributed by atoms with Crippen molar-refractivity contribution in [2.75, 3.05) is 7.11 Å². The lowest BCUT2D eigenvalue weighted by Crippen LogP contribution is -2.11. The monoisotopic (exact) mass is 344 g/mol. The van der Waals surface area contributed by atoms with E-state index in [2.05, 4.69) is 9.72 Å². The summed E-state index contributed by atoms with van der Waals surface area (Å²) in [5, 5.41) is 10.8. The number of thiazole rings is 1. The largest absolute Gasteiger partial charge is 0.465 e. The normalized spacial score (nSPS) is 19.3. The highest BCUT2D eigenvalue weighted by Crippen LogP contribution is 2.41. The van der Waals surface area contributed by atoms with E-state index in [4.69, 9.17) is 5.41 Å². The number of Topliss-reactive ketones (excluding diaryl/α,β-unsaturated/α-hetero) is 1. The third-order valence-electron chi connectivity index (χ3n) is 3.32. The van der Waals surface area contributed by atoms with Crippen LogP contribution < -0.4 is 0 Å². The summed E-state index contributed by atoms with van der Waals surface area (Å²) in [4.78, 5) is 28.6. The summed E-state index contributed by atoms with van der Waals surface area (Å²) in [5.74, 6) is -1.09. The molecule has 3 rings (SSSR count). The van der Waals surface area contributed by atoms with Gasteiger partial charge in [-0.2, -0.15) is 0 Å². The fourth-order valence-corrected chi connectivity index (χ4v) is 3.98. The van der Waals surface area contributed by atoms with Crippen molar-refractivity contribution in [3.63, 3.8) is 0 Å². The molecule has 0 spiro atoms. The second-order valence-electron chi connectivity index (χ2n) is 4.76. The van der Waals surface area contributed by atoms with Gasteiger partial charge in [0.15, 0.2) is 5.78 Å². The van der Waals surface area contributed by atoms with Crippen molar-refractivity contribution in [1.29, 1.82) is 5.41 Å². The first-order chi connectivity index (χ1) is 11.1. The number of carbonyl (C=O) groups excluding carboxylic acids is 2. The van der Waals surface area contributed by atoms with Crippen molar-refractivity contribution in [3.8, 4) is 0 Å². The van der Waals surface area contributed by atoms with Gasteiger partial charge in [-0.05, 0) is 23.8 Å². The van der Waals surface area contributed by atoms with E-state index >= 15 is 0 Å². The van der Waals surface area contributed by atoms with Gasteiger partial charge in [0.2, 0.25) is 0 Å². The lowest BCUT2D eigenvalue weighted by atomic mass is 10.0. The Morgan fingerprint density at radius 3 is 2.70 bits per heavy atom. The van der Waals surface area contributed by atoms with Gasteiger partial charge in [-0.25, -0.2) is 9.78 Å². The van der Waals surface area contributed by atoms with Crippen molar-refractivity contribution in [1.82, 2.24) is 4.98 Å². The summed E-state index contributed by atoms with van der Waals surface area (Å²) in [6, 6.07) is 6.78. The molecule has 0 radical (unpaired) electrons. The van der Waals surface area contributed by atoms with Crippen LogP contribution in [0.1, 0.15) is 26.8 Å². The number of aromatic nitrogens is 1. The molecule has 1 atom stereocenters. The van der Waals surface area contributed by atoms with Gasteiger partial charge in [0.25, 0.3) is 0 Å². The van der Waals surface area contributed by atoms with Gasteiger partial charge in [-0.15, -0.1) is 11.3 Å². The van der Waals surface area contributed by atoms with E-state index in [1.807, 2.05) is 0 Å². The van der Waals surface area contributed by atoms with E-state index in [-0.39, 0.29) is 5.78 Å². The lowest BCUT2D eigenvalue weighted by Gasteiger charge is -2.02. The maximum absolute atomic E-state index is 12.5. The first kappa shape index (κ1) is 15.6. The summed E-state index contributed by atoms with van der Waals surface area (Å²) in [5.41, 5.74) is 1.24. The molecule has 1 aliphatic rings. The number of benzene rings is 1. The van der Waals surface area contributed by atoms with Crippen molar-refractivity contribution in [2.45, 2.75) is 5.92 Å². The van der Waals surface area contributed by atoms with Gasteiger partial charge in [-0.1, -0.05) is 23.9 Å². The summed E-state index contributed by atoms with van der Waals surface area (Å²) in [7, 11) is 1.33.